The standard InChI is InChI=1S/C14H30N2/c1-10(2)14(15-6)9-16-8-11(3)7-12(4)13(16)5/h10-15H,7-9H2,1-6H3. The van der Waals surface area contributed by atoms with Gasteiger partial charge in [-0.1, -0.05) is 27.7 Å². The second kappa shape index (κ2) is 6.02. The molecule has 1 fully saturated rings. The van der Waals surface area contributed by atoms with Crippen molar-refractivity contribution in [3.63, 3.8) is 0 Å². The molecule has 0 aromatic heterocycles. The lowest BCUT2D eigenvalue weighted by molar-refractivity contribution is 0.0657. The SMILES string of the molecule is CNC(CN1CC(C)CC(C)C1C)C(C)C. The lowest BCUT2D eigenvalue weighted by atomic mass is 9.85. The van der Waals surface area contributed by atoms with Crippen LogP contribution in [0.5, 0.6) is 0 Å². The fourth-order valence-electron chi connectivity index (χ4n) is 2.96. The minimum Gasteiger partial charge on any atom is -0.315 e. The van der Waals surface area contributed by atoms with E-state index < -0.39 is 0 Å². The maximum atomic E-state index is 3.46. The Morgan fingerprint density at radius 2 is 1.88 bits per heavy atom. The second-order valence-electron chi connectivity index (χ2n) is 6.15. The maximum Gasteiger partial charge on any atom is 0.0215 e. The minimum atomic E-state index is 0.625. The van der Waals surface area contributed by atoms with Gasteiger partial charge in [0.2, 0.25) is 0 Å². The van der Waals surface area contributed by atoms with E-state index in [0.29, 0.717) is 12.0 Å². The van der Waals surface area contributed by atoms with Crippen molar-refractivity contribution in [3.05, 3.63) is 0 Å². The van der Waals surface area contributed by atoms with Gasteiger partial charge in [-0.05, 0) is 38.1 Å². The first kappa shape index (κ1) is 14.0. The van der Waals surface area contributed by atoms with E-state index in [2.05, 4.69) is 51.9 Å². The van der Waals surface area contributed by atoms with Crippen LogP contribution < -0.4 is 5.32 Å². The summed E-state index contributed by atoms with van der Waals surface area (Å²) in [4.78, 5) is 2.68. The normalized spacial score (nSPS) is 34.3. The van der Waals surface area contributed by atoms with Crippen molar-refractivity contribution in [3.8, 4) is 0 Å². The van der Waals surface area contributed by atoms with Crippen LogP contribution >= 0.6 is 0 Å². The maximum absolute atomic E-state index is 3.46. The molecule has 2 nitrogen and oxygen atoms in total. The molecule has 0 bridgehead atoms. The van der Waals surface area contributed by atoms with Crippen molar-refractivity contribution in [2.24, 2.45) is 17.8 Å². The first-order chi connectivity index (χ1) is 7.45. The Hall–Kier alpha value is -0.0800. The van der Waals surface area contributed by atoms with Crippen molar-refractivity contribution < 1.29 is 0 Å². The Morgan fingerprint density at radius 3 is 2.38 bits per heavy atom. The van der Waals surface area contributed by atoms with Gasteiger partial charge >= 0.3 is 0 Å². The van der Waals surface area contributed by atoms with Gasteiger partial charge in [0.15, 0.2) is 0 Å². The van der Waals surface area contributed by atoms with Crippen LogP contribution in [0, 0.1) is 17.8 Å². The summed E-state index contributed by atoms with van der Waals surface area (Å²) in [5.74, 6) is 2.41. The monoisotopic (exact) mass is 226 g/mol. The van der Waals surface area contributed by atoms with Crippen LogP contribution in [0.3, 0.4) is 0 Å². The first-order valence-electron chi connectivity index (χ1n) is 6.87. The number of piperidine rings is 1. The van der Waals surface area contributed by atoms with Crippen molar-refractivity contribution in [2.45, 2.75) is 53.1 Å². The average molecular weight is 226 g/mol. The van der Waals surface area contributed by atoms with Gasteiger partial charge in [0.25, 0.3) is 0 Å². The Balaban J connectivity index is 2.56. The molecule has 4 unspecified atom stereocenters. The Bertz CT molecular complexity index is 203. The summed E-state index contributed by atoms with van der Waals surface area (Å²) in [6, 6.07) is 1.37. The molecule has 1 heterocycles. The predicted octanol–water partition coefficient (Wildman–Crippen LogP) is 2.60. The molecule has 0 aromatic carbocycles. The second-order valence-corrected chi connectivity index (χ2v) is 6.15. The summed E-state index contributed by atoms with van der Waals surface area (Å²) < 4.78 is 0. The van der Waals surface area contributed by atoms with E-state index in [-0.39, 0.29) is 0 Å². The van der Waals surface area contributed by atoms with Crippen LogP contribution in [0.1, 0.15) is 41.0 Å². The third kappa shape index (κ3) is 3.46. The van der Waals surface area contributed by atoms with Crippen molar-refractivity contribution >= 4 is 0 Å². The summed E-state index contributed by atoms with van der Waals surface area (Å²) in [5.41, 5.74) is 0. The number of hydrogen-bond donors (Lipinski definition) is 1. The fraction of sp³-hybridized carbons (Fsp3) is 1.00. The van der Waals surface area contributed by atoms with E-state index in [0.717, 1.165) is 17.9 Å². The molecule has 96 valence electrons. The van der Waals surface area contributed by atoms with Crippen molar-refractivity contribution in [2.75, 3.05) is 20.1 Å². The molecule has 0 aliphatic carbocycles. The molecule has 0 saturated carbocycles. The highest BCUT2D eigenvalue weighted by atomic mass is 15.2. The Kier molecular flexibility index (Phi) is 5.26. The summed E-state index contributed by atoms with van der Waals surface area (Å²) in [5, 5.41) is 3.46. The Morgan fingerprint density at radius 1 is 1.25 bits per heavy atom. The number of likely N-dealkylation sites (tertiary alicyclic amines) is 1. The van der Waals surface area contributed by atoms with Crippen LogP contribution in [0.25, 0.3) is 0 Å². The summed E-state index contributed by atoms with van der Waals surface area (Å²) in [6.07, 6.45) is 1.39. The van der Waals surface area contributed by atoms with Crippen molar-refractivity contribution in [1.29, 1.82) is 0 Å². The van der Waals surface area contributed by atoms with E-state index in [4.69, 9.17) is 0 Å². The van der Waals surface area contributed by atoms with Gasteiger partial charge < -0.3 is 5.32 Å². The van der Waals surface area contributed by atoms with E-state index >= 15 is 0 Å². The van der Waals surface area contributed by atoms with Crippen LogP contribution in [0.15, 0.2) is 0 Å². The predicted molar refractivity (Wildman–Crippen MR) is 71.7 cm³/mol. The van der Waals surface area contributed by atoms with Crippen LogP contribution in [-0.4, -0.2) is 37.1 Å². The highest BCUT2D eigenvalue weighted by Gasteiger charge is 2.30. The number of hydrogen-bond acceptors (Lipinski definition) is 2. The van der Waals surface area contributed by atoms with Gasteiger partial charge in [0.1, 0.15) is 0 Å². The van der Waals surface area contributed by atoms with Gasteiger partial charge in [0, 0.05) is 25.2 Å². The van der Waals surface area contributed by atoms with E-state index in [1.165, 1.54) is 19.5 Å². The molecule has 16 heavy (non-hydrogen) atoms. The molecule has 1 saturated heterocycles. The molecule has 0 spiro atoms. The molecule has 1 rings (SSSR count). The topological polar surface area (TPSA) is 15.3 Å². The molecule has 4 atom stereocenters. The molecule has 0 amide bonds. The van der Waals surface area contributed by atoms with Gasteiger partial charge in [-0.15, -0.1) is 0 Å². The van der Waals surface area contributed by atoms with Gasteiger partial charge in [-0.3, -0.25) is 4.90 Å². The summed E-state index contributed by atoms with van der Waals surface area (Å²) in [6.45, 7) is 14.3. The molecular weight excluding hydrogens is 196 g/mol. The molecule has 1 N–H and O–H groups in total. The number of likely N-dealkylation sites (N-methyl/N-ethyl adjacent to an activating group) is 1. The molecule has 2 heteroatoms. The molecule has 1 aliphatic rings. The zero-order chi connectivity index (χ0) is 12.3. The third-order valence-electron chi connectivity index (χ3n) is 4.33. The van der Waals surface area contributed by atoms with Gasteiger partial charge in [-0.25, -0.2) is 0 Å². The summed E-state index contributed by atoms with van der Waals surface area (Å²) in [7, 11) is 2.09. The van der Waals surface area contributed by atoms with Crippen LogP contribution in [-0.2, 0) is 0 Å². The van der Waals surface area contributed by atoms with Crippen molar-refractivity contribution in [1.82, 2.24) is 10.2 Å². The minimum absolute atomic E-state index is 0.625. The van der Waals surface area contributed by atoms with Gasteiger partial charge in [0.05, 0.1) is 0 Å². The molecule has 1 aliphatic heterocycles. The first-order valence-corrected chi connectivity index (χ1v) is 6.87. The highest BCUT2D eigenvalue weighted by Crippen LogP contribution is 2.27. The fourth-order valence-corrected chi connectivity index (χ4v) is 2.96. The highest BCUT2D eigenvalue weighted by molar-refractivity contribution is 4.85. The number of rotatable bonds is 4. The third-order valence-corrected chi connectivity index (χ3v) is 4.33. The quantitative estimate of drug-likeness (QED) is 0.792. The van der Waals surface area contributed by atoms with E-state index in [9.17, 15) is 0 Å². The lowest BCUT2D eigenvalue weighted by Gasteiger charge is -2.43. The molecular formula is C14H30N2. The largest absolute Gasteiger partial charge is 0.315 e. The smallest absolute Gasteiger partial charge is 0.0215 e. The van der Waals surface area contributed by atoms with Crippen LogP contribution in [0.2, 0.25) is 0 Å². The lowest BCUT2D eigenvalue weighted by Crippen LogP contribution is -2.52. The van der Waals surface area contributed by atoms with E-state index in [1.54, 1.807) is 0 Å². The number of nitrogens with zero attached hydrogens (tertiary/aromatic N) is 1. The molecule has 0 aromatic rings. The summed E-state index contributed by atoms with van der Waals surface area (Å²) >= 11 is 0. The van der Waals surface area contributed by atoms with Gasteiger partial charge in [-0.2, -0.15) is 0 Å². The molecule has 0 radical (unpaired) electrons. The number of nitrogens with one attached hydrogen (secondary N) is 1. The van der Waals surface area contributed by atoms with E-state index in [1.807, 2.05) is 0 Å². The zero-order valence-electron chi connectivity index (χ0n) is 12.0. The zero-order valence-corrected chi connectivity index (χ0v) is 12.0. The Labute approximate surface area is 102 Å². The average Bonchev–Trinajstić information content (AvgIpc) is 2.20. The van der Waals surface area contributed by atoms with Crippen LogP contribution in [0.4, 0.5) is 0 Å².